The van der Waals surface area contributed by atoms with E-state index in [1.54, 1.807) is 60.7 Å². The van der Waals surface area contributed by atoms with Crippen LogP contribution in [0.5, 0.6) is 0 Å². The first-order chi connectivity index (χ1) is 14.5. The molecule has 1 amide bonds. The highest BCUT2D eigenvalue weighted by atomic mass is 19.2. The van der Waals surface area contributed by atoms with E-state index in [0.29, 0.717) is 15.9 Å². The van der Waals surface area contributed by atoms with Gasteiger partial charge in [-0.15, -0.1) is 15.0 Å². The van der Waals surface area contributed by atoms with Crippen LogP contribution in [0.15, 0.2) is 66.7 Å². The molecule has 30 heavy (non-hydrogen) atoms. The minimum atomic E-state index is -1.66. The van der Waals surface area contributed by atoms with Gasteiger partial charge in [-0.1, -0.05) is 48.5 Å². The van der Waals surface area contributed by atoms with Gasteiger partial charge < -0.3 is 5.32 Å². The summed E-state index contributed by atoms with van der Waals surface area (Å²) in [5.41, 5.74) is -0.307. The smallest absolute Gasteiger partial charge is 0.256 e. The summed E-state index contributed by atoms with van der Waals surface area (Å²) >= 11 is 0. The number of anilines is 1. The van der Waals surface area contributed by atoms with Crippen LogP contribution in [0.3, 0.4) is 0 Å². The van der Waals surface area contributed by atoms with Crippen LogP contribution in [-0.2, 0) is 0 Å². The predicted octanol–water partition coefficient (Wildman–Crippen LogP) is 4.74. The molecule has 0 bridgehead atoms. The Morgan fingerprint density at radius 2 is 1.37 bits per heavy atom. The first-order valence-corrected chi connectivity index (χ1v) is 8.68. The van der Waals surface area contributed by atoms with Crippen molar-refractivity contribution in [1.29, 1.82) is 0 Å². The summed E-state index contributed by atoms with van der Waals surface area (Å²) in [6, 6.07) is 16.6. The summed E-state index contributed by atoms with van der Waals surface area (Å²) in [5.74, 6) is -7.21. The van der Waals surface area contributed by atoms with Gasteiger partial charge >= 0.3 is 0 Å². The zero-order valence-electron chi connectivity index (χ0n) is 15.1. The van der Waals surface area contributed by atoms with Crippen LogP contribution in [0.4, 0.5) is 23.4 Å². The molecule has 1 heterocycles. The molecule has 9 heteroatoms. The number of halogens is 4. The van der Waals surface area contributed by atoms with Crippen molar-refractivity contribution in [2.45, 2.75) is 0 Å². The van der Waals surface area contributed by atoms with E-state index in [1.807, 2.05) is 0 Å². The number of amides is 1. The quantitative estimate of drug-likeness (QED) is 0.389. The number of hydrogen-bond donors (Lipinski definition) is 1. The lowest BCUT2D eigenvalue weighted by Crippen LogP contribution is -2.13. The van der Waals surface area contributed by atoms with Gasteiger partial charge in [0.25, 0.3) is 5.91 Å². The van der Waals surface area contributed by atoms with Crippen molar-refractivity contribution in [1.82, 2.24) is 15.0 Å². The Bertz CT molecular complexity index is 1200. The standard InChI is InChI=1S/C21H12F4N4O/c22-14-11-15(23)17(25)19(16(14)24)29-27-18(12-7-3-1-4-8-12)20(28-29)26-21(30)13-9-5-2-6-10-13/h1-11H,(H,26,28,30). The molecule has 0 aliphatic carbocycles. The Hall–Kier alpha value is -4.01. The van der Waals surface area contributed by atoms with Crippen molar-refractivity contribution in [3.63, 3.8) is 0 Å². The average molecular weight is 412 g/mol. The molecule has 0 spiro atoms. The van der Waals surface area contributed by atoms with E-state index in [2.05, 4.69) is 15.5 Å². The first kappa shape index (κ1) is 19.3. The van der Waals surface area contributed by atoms with E-state index in [0.717, 1.165) is 0 Å². The number of nitrogens with one attached hydrogen (secondary N) is 1. The molecule has 3 aromatic carbocycles. The van der Waals surface area contributed by atoms with Crippen LogP contribution >= 0.6 is 0 Å². The normalized spacial score (nSPS) is 10.8. The number of carbonyl (C=O) groups excluding carboxylic acids is 1. The number of carbonyl (C=O) groups is 1. The molecule has 0 aliphatic heterocycles. The zero-order valence-corrected chi connectivity index (χ0v) is 15.1. The Labute approximate surface area is 167 Å². The summed E-state index contributed by atoms with van der Waals surface area (Å²) in [7, 11) is 0. The maximum Gasteiger partial charge on any atom is 0.256 e. The second-order valence-corrected chi connectivity index (χ2v) is 6.19. The van der Waals surface area contributed by atoms with Crippen LogP contribution in [0.1, 0.15) is 10.4 Å². The number of aromatic nitrogens is 3. The number of rotatable bonds is 4. The SMILES string of the molecule is O=C(Nc1nn(-c2c(F)c(F)cc(F)c2F)nc1-c1ccccc1)c1ccccc1. The fourth-order valence-corrected chi connectivity index (χ4v) is 2.79. The third-order valence-electron chi connectivity index (χ3n) is 4.22. The van der Waals surface area contributed by atoms with Gasteiger partial charge in [0.05, 0.1) is 0 Å². The highest BCUT2D eigenvalue weighted by Crippen LogP contribution is 2.28. The zero-order chi connectivity index (χ0) is 21.3. The highest BCUT2D eigenvalue weighted by molar-refractivity contribution is 6.05. The van der Waals surface area contributed by atoms with Crippen molar-refractivity contribution in [2.24, 2.45) is 0 Å². The summed E-state index contributed by atoms with van der Waals surface area (Å²) in [6.07, 6.45) is 0. The summed E-state index contributed by atoms with van der Waals surface area (Å²) in [6.45, 7) is 0. The van der Waals surface area contributed by atoms with E-state index < -0.39 is 34.9 Å². The van der Waals surface area contributed by atoms with Gasteiger partial charge in [-0.05, 0) is 12.1 Å². The van der Waals surface area contributed by atoms with Crippen molar-refractivity contribution >= 4 is 11.7 Å². The van der Waals surface area contributed by atoms with Gasteiger partial charge in [-0.2, -0.15) is 0 Å². The Kier molecular flexibility index (Phi) is 5.01. The molecule has 0 saturated heterocycles. The molecule has 0 radical (unpaired) electrons. The molecule has 0 aliphatic rings. The van der Waals surface area contributed by atoms with Crippen molar-refractivity contribution in [2.75, 3.05) is 5.32 Å². The van der Waals surface area contributed by atoms with Gasteiger partial charge in [0.15, 0.2) is 34.8 Å². The van der Waals surface area contributed by atoms with E-state index in [-0.39, 0.29) is 17.6 Å². The molecule has 1 N–H and O–H groups in total. The third kappa shape index (κ3) is 3.52. The van der Waals surface area contributed by atoms with Crippen LogP contribution in [0.2, 0.25) is 0 Å². The van der Waals surface area contributed by atoms with Crippen molar-refractivity contribution in [3.8, 4) is 16.9 Å². The lowest BCUT2D eigenvalue weighted by Gasteiger charge is -2.05. The lowest BCUT2D eigenvalue weighted by atomic mass is 10.1. The predicted molar refractivity (Wildman–Crippen MR) is 101 cm³/mol. The minimum Gasteiger partial charge on any atom is -0.303 e. The van der Waals surface area contributed by atoms with Crippen LogP contribution in [-0.4, -0.2) is 20.9 Å². The Balaban J connectivity index is 1.85. The van der Waals surface area contributed by atoms with E-state index >= 15 is 0 Å². The third-order valence-corrected chi connectivity index (χ3v) is 4.22. The lowest BCUT2D eigenvalue weighted by molar-refractivity contribution is 0.102. The molecule has 0 unspecified atom stereocenters. The van der Waals surface area contributed by atoms with E-state index in [9.17, 15) is 22.4 Å². The molecule has 1 aromatic heterocycles. The summed E-state index contributed by atoms with van der Waals surface area (Å²) < 4.78 is 55.8. The monoisotopic (exact) mass is 412 g/mol. The molecule has 0 fully saturated rings. The van der Waals surface area contributed by atoms with Gasteiger partial charge in [0.2, 0.25) is 0 Å². The maximum atomic E-state index is 14.2. The molecule has 4 aromatic rings. The molecule has 0 saturated carbocycles. The van der Waals surface area contributed by atoms with Gasteiger partial charge in [-0.25, -0.2) is 17.6 Å². The average Bonchev–Trinajstić information content (AvgIpc) is 3.17. The topological polar surface area (TPSA) is 59.8 Å². The van der Waals surface area contributed by atoms with Crippen LogP contribution < -0.4 is 5.32 Å². The number of hydrogen-bond acceptors (Lipinski definition) is 3. The first-order valence-electron chi connectivity index (χ1n) is 8.68. The fourth-order valence-electron chi connectivity index (χ4n) is 2.79. The van der Waals surface area contributed by atoms with E-state index in [4.69, 9.17) is 0 Å². The minimum absolute atomic E-state index is 0.0587. The largest absolute Gasteiger partial charge is 0.303 e. The molecular formula is C21H12F4N4O. The molecule has 150 valence electrons. The van der Waals surface area contributed by atoms with Gasteiger partial charge in [0.1, 0.15) is 5.69 Å². The second kappa shape index (κ2) is 7.78. The van der Waals surface area contributed by atoms with Gasteiger partial charge in [-0.3, -0.25) is 4.79 Å². The number of nitrogens with zero attached hydrogens (tertiary/aromatic N) is 3. The van der Waals surface area contributed by atoms with Crippen molar-refractivity contribution < 1.29 is 22.4 Å². The van der Waals surface area contributed by atoms with E-state index in [1.165, 1.54) is 0 Å². The Morgan fingerprint density at radius 1 is 0.800 bits per heavy atom. The van der Waals surface area contributed by atoms with Gasteiger partial charge in [0, 0.05) is 17.2 Å². The van der Waals surface area contributed by atoms with Crippen LogP contribution in [0, 0.1) is 23.3 Å². The number of benzene rings is 3. The highest BCUT2D eigenvalue weighted by Gasteiger charge is 2.25. The Morgan fingerprint density at radius 3 is 1.97 bits per heavy atom. The molecule has 0 atom stereocenters. The molecule has 4 rings (SSSR count). The maximum absolute atomic E-state index is 14.2. The van der Waals surface area contributed by atoms with Crippen molar-refractivity contribution in [3.05, 3.63) is 95.6 Å². The molecular weight excluding hydrogens is 400 g/mol. The summed E-state index contributed by atoms with van der Waals surface area (Å²) in [5, 5.41) is 10.4. The molecule has 5 nitrogen and oxygen atoms in total. The summed E-state index contributed by atoms with van der Waals surface area (Å²) in [4.78, 5) is 12.9. The fraction of sp³-hybridized carbons (Fsp3) is 0. The second-order valence-electron chi connectivity index (χ2n) is 6.19. The van der Waals surface area contributed by atoms with Crippen LogP contribution in [0.25, 0.3) is 16.9 Å².